The van der Waals surface area contributed by atoms with E-state index in [1.165, 1.54) is 24.5 Å². The van der Waals surface area contributed by atoms with E-state index in [2.05, 4.69) is 0 Å². The Balaban J connectivity index is 3.31. The van der Waals surface area contributed by atoms with Gasteiger partial charge in [-0.25, -0.2) is 0 Å². The van der Waals surface area contributed by atoms with Crippen LogP contribution in [-0.4, -0.2) is 7.11 Å². The van der Waals surface area contributed by atoms with E-state index in [1.807, 2.05) is 6.92 Å². The summed E-state index contributed by atoms with van der Waals surface area (Å²) in [4.78, 5) is 11.9. The van der Waals surface area contributed by atoms with Gasteiger partial charge >= 0.3 is 0 Å². The van der Waals surface area contributed by atoms with Crippen molar-refractivity contribution in [2.45, 2.75) is 6.92 Å². The summed E-state index contributed by atoms with van der Waals surface area (Å²) in [6, 6.07) is 1.51. The monoisotopic (exact) mass is 156 g/mol. The quantitative estimate of drug-likeness (QED) is 0.614. The molecule has 1 aromatic heterocycles. The summed E-state index contributed by atoms with van der Waals surface area (Å²) in [5.74, 6) is 0.465. The highest BCUT2D eigenvalue weighted by molar-refractivity contribution is 7.09. The van der Waals surface area contributed by atoms with Crippen LogP contribution < -0.4 is 10.2 Å². The molecule has 0 aliphatic heterocycles. The fraction of sp³-hybridized carbons (Fsp3) is 0.286. The number of hydrogen-bond donors (Lipinski definition) is 0. The van der Waals surface area contributed by atoms with Gasteiger partial charge in [0.2, 0.25) is 5.43 Å². The Morgan fingerprint density at radius 3 is 2.70 bits per heavy atom. The van der Waals surface area contributed by atoms with Crippen molar-refractivity contribution >= 4 is 11.3 Å². The third kappa shape index (κ3) is 1.19. The SMILES string of the molecule is COc1c(C)sccc1=O. The molecule has 0 aliphatic carbocycles. The summed E-state index contributed by atoms with van der Waals surface area (Å²) in [5.41, 5.74) is -0.0428. The molecule has 1 heterocycles. The van der Waals surface area contributed by atoms with Crippen molar-refractivity contribution in [3.63, 3.8) is 0 Å². The van der Waals surface area contributed by atoms with Crippen molar-refractivity contribution < 1.29 is 4.74 Å². The van der Waals surface area contributed by atoms with Crippen LogP contribution in [0.1, 0.15) is 4.88 Å². The second kappa shape index (κ2) is 2.84. The van der Waals surface area contributed by atoms with Gasteiger partial charge in [0.25, 0.3) is 0 Å². The van der Waals surface area contributed by atoms with Crippen LogP contribution in [0.15, 0.2) is 16.2 Å². The second-order valence-electron chi connectivity index (χ2n) is 1.87. The Hall–Kier alpha value is -0.830. The molecule has 0 aliphatic rings. The van der Waals surface area contributed by atoms with E-state index in [-0.39, 0.29) is 5.43 Å². The van der Waals surface area contributed by atoms with E-state index in [4.69, 9.17) is 4.74 Å². The highest BCUT2D eigenvalue weighted by atomic mass is 32.1. The summed E-state index contributed by atoms with van der Waals surface area (Å²) in [6.45, 7) is 1.87. The Labute approximate surface area is 63.1 Å². The minimum absolute atomic E-state index is 0.0428. The molecule has 0 saturated heterocycles. The molecule has 54 valence electrons. The standard InChI is InChI=1S/C7H8O2S/c1-5-7(9-2)6(8)3-4-10-5/h3-4H,1-2H3. The molecule has 0 saturated carbocycles. The van der Waals surface area contributed by atoms with Gasteiger partial charge in [-0.15, -0.1) is 11.3 Å². The summed E-state index contributed by atoms with van der Waals surface area (Å²) in [7, 11) is 1.51. The molecule has 0 N–H and O–H groups in total. The molecule has 1 rings (SSSR count). The number of ether oxygens (including phenoxy) is 1. The number of hydrogen-bond acceptors (Lipinski definition) is 3. The lowest BCUT2D eigenvalue weighted by Crippen LogP contribution is -2.03. The van der Waals surface area contributed by atoms with Crippen LogP contribution in [0.25, 0.3) is 0 Å². The zero-order valence-electron chi connectivity index (χ0n) is 5.88. The van der Waals surface area contributed by atoms with Crippen molar-refractivity contribution in [2.24, 2.45) is 0 Å². The van der Waals surface area contributed by atoms with Crippen molar-refractivity contribution in [3.05, 3.63) is 26.5 Å². The van der Waals surface area contributed by atoms with Crippen molar-refractivity contribution in [2.75, 3.05) is 7.11 Å². The summed E-state index contributed by atoms with van der Waals surface area (Å²) < 4.78 is 4.87. The Kier molecular flexibility index (Phi) is 2.06. The third-order valence-corrected chi connectivity index (χ3v) is 2.02. The molecule has 0 fully saturated rings. The van der Waals surface area contributed by atoms with Crippen LogP contribution in [0.2, 0.25) is 0 Å². The summed E-state index contributed by atoms with van der Waals surface area (Å²) in [5, 5.41) is 1.76. The van der Waals surface area contributed by atoms with Crippen molar-refractivity contribution in [1.29, 1.82) is 0 Å². The molecule has 10 heavy (non-hydrogen) atoms. The third-order valence-electron chi connectivity index (χ3n) is 1.21. The summed E-state index contributed by atoms with van der Waals surface area (Å²) >= 11 is 1.51. The zero-order chi connectivity index (χ0) is 7.56. The molecular formula is C7H8O2S. The molecule has 0 amide bonds. The van der Waals surface area contributed by atoms with Crippen LogP contribution in [-0.2, 0) is 0 Å². The average molecular weight is 156 g/mol. The smallest absolute Gasteiger partial charge is 0.222 e. The van der Waals surface area contributed by atoms with Gasteiger partial charge in [0.05, 0.1) is 7.11 Å². The van der Waals surface area contributed by atoms with Gasteiger partial charge in [-0.2, -0.15) is 0 Å². The van der Waals surface area contributed by atoms with Crippen LogP contribution >= 0.6 is 11.3 Å². The number of aryl methyl sites for hydroxylation is 1. The lowest BCUT2D eigenvalue weighted by atomic mass is 10.4. The van der Waals surface area contributed by atoms with E-state index >= 15 is 0 Å². The van der Waals surface area contributed by atoms with Gasteiger partial charge in [0.1, 0.15) is 0 Å². The van der Waals surface area contributed by atoms with E-state index in [0.29, 0.717) is 5.75 Å². The second-order valence-corrected chi connectivity index (χ2v) is 2.99. The first kappa shape index (κ1) is 7.28. The Bertz CT molecular complexity index is 277. The topological polar surface area (TPSA) is 26.3 Å². The minimum atomic E-state index is -0.0428. The Morgan fingerprint density at radius 1 is 1.60 bits per heavy atom. The molecule has 1 aromatic rings. The molecule has 0 spiro atoms. The van der Waals surface area contributed by atoms with Gasteiger partial charge in [-0.05, 0) is 18.4 Å². The number of methoxy groups -OCH3 is 1. The lowest BCUT2D eigenvalue weighted by molar-refractivity contribution is 0.409. The van der Waals surface area contributed by atoms with Gasteiger partial charge in [-0.3, -0.25) is 4.79 Å². The molecular weight excluding hydrogens is 148 g/mol. The van der Waals surface area contributed by atoms with Crippen molar-refractivity contribution in [3.8, 4) is 5.75 Å². The first-order valence-electron chi connectivity index (χ1n) is 2.88. The average Bonchev–Trinajstić information content (AvgIpc) is 1.88. The predicted molar refractivity (Wildman–Crippen MR) is 41.9 cm³/mol. The molecule has 0 unspecified atom stereocenters. The van der Waals surface area contributed by atoms with Crippen LogP contribution in [0.4, 0.5) is 0 Å². The van der Waals surface area contributed by atoms with E-state index < -0.39 is 0 Å². The first-order chi connectivity index (χ1) is 4.75. The summed E-state index contributed by atoms with van der Waals surface area (Å²) in [6.07, 6.45) is 0. The lowest BCUT2D eigenvalue weighted by Gasteiger charge is -1.98. The molecule has 0 atom stereocenters. The molecule has 3 heteroatoms. The van der Waals surface area contributed by atoms with Gasteiger partial charge in [-0.1, -0.05) is 0 Å². The van der Waals surface area contributed by atoms with Gasteiger partial charge in [0.15, 0.2) is 5.75 Å². The van der Waals surface area contributed by atoms with E-state index in [9.17, 15) is 4.79 Å². The van der Waals surface area contributed by atoms with Crippen LogP contribution in [0.5, 0.6) is 5.75 Å². The van der Waals surface area contributed by atoms with Crippen LogP contribution in [0.3, 0.4) is 0 Å². The van der Waals surface area contributed by atoms with Crippen molar-refractivity contribution in [1.82, 2.24) is 0 Å². The first-order valence-corrected chi connectivity index (χ1v) is 3.76. The maximum atomic E-state index is 11.0. The molecule has 0 radical (unpaired) electrons. The van der Waals surface area contributed by atoms with Crippen LogP contribution in [0, 0.1) is 6.92 Å². The fourth-order valence-corrected chi connectivity index (χ4v) is 1.43. The maximum absolute atomic E-state index is 11.0. The van der Waals surface area contributed by atoms with Gasteiger partial charge < -0.3 is 4.74 Å². The normalized spacial score (nSPS) is 9.40. The highest BCUT2D eigenvalue weighted by Gasteiger charge is 2.00. The predicted octanol–water partition coefficient (Wildman–Crippen LogP) is 1.43. The largest absolute Gasteiger partial charge is 0.492 e. The minimum Gasteiger partial charge on any atom is -0.492 e. The maximum Gasteiger partial charge on any atom is 0.222 e. The van der Waals surface area contributed by atoms with E-state index in [0.717, 1.165) is 4.88 Å². The molecule has 0 bridgehead atoms. The fourth-order valence-electron chi connectivity index (χ4n) is 0.745. The molecule has 2 nitrogen and oxygen atoms in total. The zero-order valence-corrected chi connectivity index (χ0v) is 6.70. The number of rotatable bonds is 1. The van der Waals surface area contributed by atoms with E-state index in [1.54, 1.807) is 5.38 Å². The van der Waals surface area contributed by atoms with Gasteiger partial charge in [0, 0.05) is 4.88 Å². The Morgan fingerprint density at radius 2 is 2.30 bits per heavy atom. The highest BCUT2D eigenvalue weighted by Crippen LogP contribution is 2.14. The molecule has 0 aromatic carbocycles.